The molecule has 0 radical (unpaired) electrons. The lowest BCUT2D eigenvalue weighted by Crippen LogP contribution is -2.48. The fraction of sp³-hybridized carbons (Fsp3) is 0.500. The van der Waals surface area contributed by atoms with Crippen LogP contribution < -0.4 is 5.14 Å². The molecule has 142 valence electrons. The maximum atomic E-state index is 11.4. The summed E-state index contributed by atoms with van der Waals surface area (Å²) in [7, 11) is 0. The minimum absolute atomic E-state index is 0.224. The minimum Gasteiger partial charge on any atom is -0.507 e. The van der Waals surface area contributed by atoms with Gasteiger partial charge in [0.25, 0.3) is 0 Å². The third-order valence-corrected chi connectivity index (χ3v) is 8.08. The zero-order valence-corrected chi connectivity index (χ0v) is 16.9. The van der Waals surface area contributed by atoms with Crippen molar-refractivity contribution in [2.75, 3.05) is 0 Å². The van der Waals surface area contributed by atoms with Crippen LogP contribution in [0, 0.1) is 24.7 Å². The van der Waals surface area contributed by atoms with Crippen LogP contribution in [0.25, 0.3) is 0 Å². The molecule has 0 aliphatic heterocycles. The number of phenols is 1. The fourth-order valence-electron chi connectivity index (χ4n) is 6.80. The maximum Gasteiger partial charge on any atom is 0.122 e. The summed E-state index contributed by atoms with van der Waals surface area (Å²) in [5, 5.41) is 17.2. The summed E-state index contributed by atoms with van der Waals surface area (Å²) in [6.07, 6.45) is 8.88. The van der Waals surface area contributed by atoms with E-state index in [2.05, 4.69) is 37.3 Å². The number of rotatable bonds is 4. The molecule has 4 aliphatic rings. The molecule has 0 spiro atoms. The summed E-state index contributed by atoms with van der Waals surface area (Å²) in [4.78, 5) is 1.09. The highest BCUT2D eigenvalue weighted by Crippen LogP contribution is 2.62. The quantitative estimate of drug-likeness (QED) is 0.667. The van der Waals surface area contributed by atoms with Gasteiger partial charge in [-0.1, -0.05) is 35.9 Å². The summed E-state index contributed by atoms with van der Waals surface area (Å²) in [5.74, 6) is 3.20. The molecule has 0 unspecified atom stereocenters. The van der Waals surface area contributed by atoms with Crippen LogP contribution in [0.3, 0.4) is 0 Å². The highest BCUT2D eigenvalue weighted by molar-refractivity contribution is 7.97. The number of nitrogens with two attached hydrogens (primary N) is 1. The molecular formula is C24H29NOS. The first-order valence-electron chi connectivity index (χ1n) is 10.3. The molecule has 0 saturated heterocycles. The number of aromatic hydroxyl groups is 1. The SMILES string of the molecule is Cc1cc(Cc2ccccc2SN)c(O)c(C23CC4CC(CC(C4)C2)C3)c1. The highest BCUT2D eigenvalue weighted by Gasteiger charge is 2.52. The van der Waals surface area contributed by atoms with Crippen LogP contribution >= 0.6 is 11.9 Å². The van der Waals surface area contributed by atoms with Gasteiger partial charge in [0.1, 0.15) is 5.75 Å². The van der Waals surface area contributed by atoms with Crippen molar-refractivity contribution in [3.63, 3.8) is 0 Å². The molecule has 0 atom stereocenters. The lowest BCUT2D eigenvalue weighted by molar-refractivity contribution is -0.00620. The highest BCUT2D eigenvalue weighted by atomic mass is 32.2. The molecule has 0 aromatic heterocycles. The fourth-order valence-corrected chi connectivity index (χ4v) is 7.25. The Bertz CT molecular complexity index is 839. The van der Waals surface area contributed by atoms with E-state index >= 15 is 0 Å². The molecule has 2 nitrogen and oxygen atoms in total. The van der Waals surface area contributed by atoms with Gasteiger partial charge in [-0.3, -0.25) is 5.14 Å². The third-order valence-electron chi connectivity index (χ3n) is 7.42. The van der Waals surface area contributed by atoms with Crippen LogP contribution in [-0.2, 0) is 11.8 Å². The summed E-state index contributed by atoms with van der Waals surface area (Å²) < 4.78 is 0. The van der Waals surface area contributed by atoms with Gasteiger partial charge in [0.15, 0.2) is 0 Å². The van der Waals surface area contributed by atoms with Gasteiger partial charge < -0.3 is 5.11 Å². The maximum absolute atomic E-state index is 11.4. The van der Waals surface area contributed by atoms with Crippen LogP contribution in [0.4, 0.5) is 0 Å². The van der Waals surface area contributed by atoms with E-state index < -0.39 is 0 Å². The van der Waals surface area contributed by atoms with Gasteiger partial charge in [0.2, 0.25) is 0 Å². The van der Waals surface area contributed by atoms with E-state index in [1.54, 1.807) is 0 Å². The normalized spacial score (nSPS) is 31.4. The molecule has 4 fully saturated rings. The molecule has 4 bridgehead atoms. The molecule has 0 amide bonds. The second kappa shape index (κ2) is 6.56. The summed E-state index contributed by atoms with van der Waals surface area (Å²) >= 11 is 1.29. The standard InChI is InChI=1S/C24H29NOS/c1-15-6-20(11-19-4-2-3-5-22(19)27-25)23(26)21(7-15)24-12-16-8-17(13-24)10-18(9-16)14-24/h2-7,16-18,26H,8-14,25H2,1H3. The molecule has 0 heterocycles. The van der Waals surface area contributed by atoms with Crippen LogP contribution in [0.2, 0.25) is 0 Å². The van der Waals surface area contributed by atoms with Gasteiger partial charge in [-0.2, -0.15) is 0 Å². The lowest BCUT2D eigenvalue weighted by atomic mass is 9.48. The second-order valence-electron chi connectivity index (χ2n) is 9.42. The molecule has 2 aromatic carbocycles. The Hall–Kier alpha value is -1.45. The monoisotopic (exact) mass is 379 g/mol. The van der Waals surface area contributed by atoms with E-state index in [9.17, 15) is 5.11 Å². The number of phenolic OH excluding ortho intramolecular Hbond substituents is 1. The van der Waals surface area contributed by atoms with Gasteiger partial charge in [-0.15, -0.1) is 0 Å². The van der Waals surface area contributed by atoms with E-state index in [-0.39, 0.29) is 5.41 Å². The topological polar surface area (TPSA) is 46.2 Å². The van der Waals surface area contributed by atoms with Gasteiger partial charge in [-0.25, -0.2) is 0 Å². The first-order valence-corrected chi connectivity index (χ1v) is 11.2. The Balaban J connectivity index is 1.55. The first-order chi connectivity index (χ1) is 13.1. The van der Waals surface area contributed by atoms with Gasteiger partial charge >= 0.3 is 0 Å². The zero-order valence-electron chi connectivity index (χ0n) is 16.1. The molecule has 4 aliphatic carbocycles. The molecule has 27 heavy (non-hydrogen) atoms. The second-order valence-corrected chi connectivity index (χ2v) is 10.1. The Labute approximate surface area is 166 Å². The van der Waals surface area contributed by atoms with Crippen molar-refractivity contribution in [2.24, 2.45) is 22.9 Å². The summed E-state index contributed by atoms with van der Waals surface area (Å²) in [6, 6.07) is 12.7. The van der Waals surface area contributed by atoms with Gasteiger partial charge in [-0.05, 0) is 97.8 Å². The van der Waals surface area contributed by atoms with Crippen molar-refractivity contribution in [2.45, 2.75) is 62.2 Å². The van der Waals surface area contributed by atoms with Crippen LogP contribution in [0.1, 0.15) is 60.8 Å². The summed E-state index contributed by atoms with van der Waals surface area (Å²) in [5.41, 5.74) is 4.99. The molecule has 2 aromatic rings. The number of aryl methyl sites for hydroxylation is 1. The van der Waals surface area contributed by atoms with E-state index in [1.165, 1.54) is 67.2 Å². The first kappa shape index (κ1) is 17.6. The van der Waals surface area contributed by atoms with Crippen LogP contribution in [-0.4, -0.2) is 5.11 Å². The summed E-state index contributed by atoms with van der Waals surface area (Å²) in [6.45, 7) is 2.18. The van der Waals surface area contributed by atoms with Crippen LogP contribution in [0.5, 0.6) is 5.75 Å². The average molecular weight is 380 g/mol. The van der Waals surface area contributed by atoms with Crippen molar-refractivity contribution in [3.8, 4) is 5.75 Å². The molecule has 3 N–H and O–H groups in total. The van der Waals surface area contributed by atoms with E-state index in [1.807, 2.05) is 6.07 Å². The molecular weight excluding hydrogens is 350 g/mol. The predicted octanol–water partition coefficient (Wildman–Crippen LogP) is 5.73. The predicted molar refractivity (Wildman–Crippen MR) is 112 cm³/mol. The van der Waals surface area contributed by atoms with Crippen molar-refractivity contribution < 1.29 is 5.11 Å². The van der Waals surface area contributed by atoms with E-state index in [4.69, 9.17) is 5.14 Å². The Kier molecular flexibility index (Phi) is 4.29. The Morgan fingerprint density at radius 2 is 1.63 bits per heavy atom. The van der Waals surface area contributed by atoms with E-state index in [0.717, 1.165) is 34.6 Å². The average Bonchev–Trinajstić information content (AvgIpc) is 2.63. The largest absolute Gasteiger partial charge is 0.507 e. The van der Waals surface area contributed by atoms with Crippen molar-refractivity contribution in [1.82, 2.24) is 0 Å². The van der Waals surface area contributed by atoms with Crippen LogP contribution in [0.15, 0.2) is 41.3 Å². The minimum atomic E-state index is 0.224. The van der Waals surface area contributed by atoms with Crippen molar-refractivity contribution >= 4 is 11.9 Å². The molecule has 6 rings (SSSR count). The van der Waals surface area contributed by atoms with Crippen molar-refractivity contribution in [3.05, 3.63) is 58.7 Å². The Morgan fingerprint density at radius 1 is 1.00 bits per heavy atom. The number of benzene rings is 2. The van der Waals surface area contributed by atoms with E-state index in [0.29, 0.717) is 5.75 Å². The van der Waals surface area contributed by atoms with Crippen molar-refractivity contribution in [1.29, 1.82) is 0 Å². The molecule has 4 saturated carbocycles. The van der Waals surface area contributed by atoms with Gasteiger partial charge in [0.05, 0.1) is 0 Å². The van der Waals surface area contributed by atoms with Gasteiger partial charge in [0, 0.05) is 16.9 Å². The smallest absolute Gasteiger partial charge is 0.122 e. The number of hydrogen-bond acceptors (Lipinski definition) is 3. The zero-order chi connectivity index (χ0) is 18.6. The molecule has 3 heteroatoms. The third kappa shape index (κ3) is 3.00. The Morgan fingerprint density at radius 3 is 2.26 bits per heavy atom. The number of hydrogen-bond donors (Lipinski definition) is 2. The lowest BCUT2D eigenvalue weighted by Gasteiger charge is -2.57.